The van der Waals surface area contributed by atoms with Gasteiger partial charge in [-0.25, -0.2) is 8.78 Å². The molecule has 4 nitrogen and oxygen atoms in total. The number of alkyl halides is 3. The van der Waals surface area contributed by atoms with E-state index in [0.717, 1.165) is 18.2 Å². The topological polar surface area (TPSA) is 40.5 Å². The first-order valence-electron chi connectivity index (χ1n) is 8.96. The molecule has 0 atom stereocenters. The maximum absolute atomic E-state index is 14.3. The van der Waals surface area contributed by atoms with Gasteiger partial charge < -0.3 is 14.0 Å². The number of benzene rings is 2. The van der Waals surface area contributed by atoms with E-state index in [2.05, 4.69) is 0 Å². The van der Waals surface area contributed by atoms with Gasteiger partial charge in [0.05, 0.1) is 11.3 Å². The Bertz CT molecular complexity index is 1070. The van der Waals surface area contributed by atoms with Crippen LogP contribution in [0.2, 0.25) is 5.02 Å². The first kappa shape index (κ1) is 22.6. The summed E-state index contributed by atoms with van der Waals surface area (Å²) in [5.41, 5.74) is -1.03. The number of halogens is 6. The van der Waals surface area contributed by atoms with Gasteiger partial charge in [0.1, 0.15) is 12.4 Å². The normalized spacial score (nSPS) is 11.5. The predicted octanol–water partition coefficient (Wildman–Crippen LogP) is 6.32. The molecule has 3 rings (SSSR count). The van der Waals surface area contributed by atoms with Crippen LogP contribution >= 0.6 is 11.6 Å². The van der Waals surface area contributed by atoms with Crippen molar-refractivity contribution >= 4 is 17.6 Å². The van der Waals surface area contributed by atoms with Gasteiger partial charge in [0, 0.05) is 35.5 Å². The SMILES string of the molecule is CCC(=O)Oc1cc(F)c(OCc2c(C(F)(F)F)ccn2-c2ccc(Cl)cc2)c(F)c1. The van der Waals surface area contributed by atoms with Gasteiger partial charge in [-0.1, -0.05) is 18.5 Å². The molecule has 0 aliphatic carbocycles. The highest BCUT2D eigenvalue weighted by atomic mass is 35.5. The lowest BCUT2D eigenvalue weighted by atomic mass is 10.2. The molecule has 0 fully saturated rings. The number of carbonyl (C=O) groups excluding carboxylic acids is 1. The minimum atomic E-state index is -4.72. The fourth-order valence-corrected chi connectivity index (χ4v) is 2.92. The lowest BCUT2D eigenvalue weighted by molar-refractivity contribution is -0.138. The summed E-state index contributed by atoms with van der Waals surface area (Å²) >= 11 is 5.82. The van der Waals surface area contributed by atoms with Crippen LogP contribution in [0, 0.1) is 11.6 Å². The minimum absolute atomic E-state index is 0.0105. The van der Waals surface area contributed by atoms with Crippen LogP contribution in [0.1, 0.15) is 24.6 Å². The summed E-state index contributed by atoms with van der Waals surface area (Å²) in [7, 11) is 0. The Morgan fingerprint density at radius 2 is 1.68 bits per heavy atom. The minimum Gasteiger partial charge on any atom is -0.481 e. The summed E-state index contributed by atoms with van der Waals surface area (Å²) in [6.45, 7) is 0.715. The third-order valence-corrected chi connectivity index (χ3v) is 4.50. The maximum Gasteiger partial charge on any atom is 0.418 e. The van der Waals surface area contributed by atoms with Crippen LogP contribution in [-0.4, -0.2) is 10.5 Å². The Kier molecular flexibility index (Phi) is 6.54. The maximum atomic E-state index is 14.3. The molecule has 0 aliphatic heterocycles. The summed E-state index contributed by atoms with van der Waals surface area (Å²) in [5.74, 6) is -4.43. The van der Waals surface area contributed by atoms with Crippen molar-refractivity contribution in [3.8, 4) is 17.2 Å². The largest absolute Gasteiger partial charge is 0.481 e. The van der Waals surface area contributed by atoms with Crippen molar-refractivity contribution in [2.24, 2.45) is 0 Å². The van der Waals surface area contributed by atoms with Gasteiger partial charge >= 0.3 is 12.1 Å². The van der Waals surface area contributed by atoms with Crippen molar-refractivity contribution in [3.63, 3.8) is 0 Å². The molecule has 0 spiro atoms. The molecule has 1 aromatic heterocycles. The number of nitrogens with zero attached hydrogens (tertiary/aromatic N) is 1. The Morgan fingerprint density at radius 3 is 2.23 bits per heavy atom. The van der Waals surface area contributed by atoms with Gasteiger partial charge in [0.15, 0.2) is 17.4 Å². The fraction of sp³-hybridized carbons (Fsp3) is 0.190. The summed E-state index contributed by atoms with van der Waals surface area (Å²) in [6.07, 6.45) is -3.56. The number of ether oxygens (including phenoxy) is 2. The quantitative estimate of drug-likeness (QED) is 0.246. The van der Waals surface area contributed by atoms with E-state index in [-0.39, 0.29) is 17.9 Å². The molecule has 0 bridgehead atoms. The van der Waals surface area contributed by atoms with E-state index in [1.165, 1.54) is 42.0 Å². The lowest BCUT2D eigenvalue weighted by Gasteiger charge is -2.15. The van der Waals surface area contributed by atoms with E-state index in [1.54, 1.807) is 0 Å². The molecule has 0 aliphatic rings. The summed E-state index contributed by atoms with van der Waals surface area (Å²) < 4.78 is 79.9. The highest BCUT2D eigenvalue weighted by Gasteiger charge is 2.36. The molecule has 3 aromatic rings. The summed E-state index contributed by atoms with van der Waals surface area (Å²) in [4.78, 5) is 11.3. The Balaban J connectivity index is 1.93. The van der Waals surface area contributed by atoms with Crippen LogP contribution in [0.3, 0.4) is 0 Å². The Morgan fingerprint density at radius 1 is 1.06 bits per heavy atom. The smallest absolute Gasteiger partial charge is 0.418 e. The summed E-state index contributed by atoms with van der Waals surface area (Å²) in [5, 5.41) is 0.387. The zero-order chi connectivity index (χ0) is 22.8. The molecule has 10 heteroatoms. The monoisotopic (exact) mass is 459 g/mol. The zero-order valence-corrected chi connectivity index (χ0v) is 16.7. The molecule has 0 unspecified atom stereocenters. The molecule has 0 amide bonds. The van der Waals surface area contributed by atoms with E-state index in [9.17, 15) is 26.7 Å². The van der Waals surface area contributed by atoms with Crippen molar-refractivity contribution < 1.29 is 36.2 Å². The molecule has 164 valence electrons. The number of esters is 1. The number of aromatic nitrogens is 1. The second-order valence-electron chi connectivity index (χ2n) is 6.35. The van der Waals surface area contributed by atoms with Gasteiger partial charge in [-0.3, -0.25) is 4.79 Å². The second kappa shape index (κ2) is 8.97. The van der Waals surface area contributed by atoms with Crippen molar-refractivity contribution in [1.82, 2.24) is 4.57 Å². The van der Waals surface area contributed by atoms with Crippen LogP contribution in [0.5, 0.6) is 11.5 Å². The number of carbonyl (C=O) groups is 1. The lowest BCUT2D eigenvalue weighted by Crippen LogP contribution is -2.13. The molecule has 0 saturated heterocycles. The third-order valence-electron chi connectivity index (χ3n) is 4.25. The van der Waals surface area contributed by atoms with Gasteiger partial charge in [-0.05, 0) is 30.3 Å². The highest BCUT2D eigenvalue weighted by Crippen LogP contribution is 2.35. The van der Waals surface area contributed by atoms with Crippen LogP contribution in [0.15, 0.2) is 48.7 Å². The molecule has 0 N–H and O–H groups in total. The zero-order valence-electron chi connectivity index (χ0n) is 16.0. The predicted molar refractivity (Wildman–Crippen MR) is 102 cm³/mol. The van der Waals surface area contributed by atoms with Gasteiger partial charge in [-0.15, -0.1) is 0 Å². The number of hydrogen-bond donors (Lipinski definition) is 0. The molecule has 31 heavy (non-hydrogen) atoms. The van der Waals surface area contributed by atoms with Gasteiger partial charge in [0.2, 0.25) is 0 Å². The fourth-order valence-electron chi connectivity index (χ4n) is 2.79. The van der Waals surface area contributed by atoms with E-state index in [4.69, 9.17) is 21.1 Å². The average Bonchev–Trinajstić information content (AvgIpc) is 3.12. The third kappa shape index (κ3) is 5.16. The van der Waals surface area contributed by atoms with E-state index >= 15 is 0 Å². The second-order valence-corrected chi connectivity index (χ2v) is 6.79. The van der Waals surface area contributed by atoms with Crippen LogP contribution < -0.4 is 9.47 Å². The first-order valence-corrected chi connectivity index (χ1v) is 9.33. The van der Waals surface area contributed by atoms with Crippen molar-refractivity contribution in [1.29, 1.82) is 0 Å². The van der Waals surface area contributed by atoms with E-state index in [0.29, 0.717) is 10.7 Å². The van der Waals surface area contributed by atoms with E-state index < -0.39 is 41.7 Å². The first-order chi connectivity index (χ1) is 14.6. The average molecular weight is 460 g/mol. The molecule has 2 aromatic carbocycles. The van der Waals surface area contributed by atoms with Crippen molar-refractivity contribution in [2.75, 3.05) is 0 Å². The van der Waals surface area contributed by atoms with Crippen molar-refractivity contribution in [2.45, 2.75) is 26.1 Å². The van der Waals surface area contributed by atoms with Crippen LogP contribution in [-0.2, 0) is 17.6 Å². The Hall–Kier alpha value is -3.07. The van der Waals surface area contributed by atoms with Gasteiger partial charge in [-0.2, -0.15) is 13.2 Å². The number of rotatable bonds is 6. The molecule has 1 heterocycles. The highest BCUT2D eigenvalue weighted by molar-refractivity contribution is 6.30. The Labute approximate surface area is 178 Å². The summed E-state index contributed by atoms with van der Waals surface area (Å²) in [6, 6.07) is 8.24. The van der Waals surface area contributed by atoms with E-state index in [1.807, 2.05) is 0 Å². The number of hydrogen-bond acceptors (Lipinski definition) is 3. The van der Waals surface area contributed by atoms with Gasteiger partial charge in [0.25, 0.3) is 0 Å². The molecule has 0 saturated carbocycles. The van der Waals surface area contributed by atoms with Crippen molar-refractivity contribution in [3.05, 3.63) is 76.6 Å². The molecule has 0 radical (unpaired) electrons. The van der Waals surface area contributed by atoms with Crippen LogP contribution in [0.25, 0.3) is 5.69 Å². The molecular weight excluding hydrogens is 445 g/mol. The van der Waals surface area contributed by atoms with Crippen LogP contribution in [0.4, 0.5) is 22.0 Å². The standard InChI is InChI=1S/C21H15ClF5NO3/c1-2-19(29)31-14-9-16(23)20(17(24)10-14)30-11-18-15(21(25,26)27)7-8-28(18)13-5-3-12(22)4-6-13/h3-10H,2,11H2,1H3. The molecular formula is C21H15ClF5NO3.